The fraction of sp³-hybridized carbons (Fsp3) is 0.0833. The lowest BCUT2D eigenvalue weighted by Crippen LogP contribution is -2.12. The molecule has 17 heavy (non-hydrogen) atoms. The maximum Gasteiger partial charge on any atom is 0.272 e. The van der Waals surface area contributed by atoms with Gasteiger partial charge in [0.25, 0.3) is 5.82 Å². The van der Waals surface area contributed by atoms with Gasteiger partial charge >= 0.3 is 0 Å². The second-order valence-corrected chi connectivity index (χ2v) is 4.80. The molecule has 0 aliphatic rings. The molecule has 0 radical (unpaired) electrons. The molecule has 0 fully saturated rings. The van der Waals surface area contributed by atoms with Gasteiger partial charge in [0, 0.05) is 15.6 Å². The van der Waals surface area contributed by atoms with Crippen LogP contribution in [0.2, 0.25) is 5.02 Å². The van der Waals surface area contributed by atoms with Crippen molar-refractivity contribution in [3.63, 3.8) is 0 Å². The van der Waals surface area contributed by atoms with Crippen molar-refractivity contribution < 1.29 is 10.1 Å². The van der Waals surface area contributed by atoms with Crippen molar-refractivity contribution in [1.29, 1.82) is 0 Å². The van der Waals surface area contributed by atoms with Crippen LogP contribution in [0.3, 0.4) is 0 Å². The average molecular weight is 314 g/mol. The number of benzene rings is 1. The van der Waals surface area contributed by atoms with Gasteiger partial charge in [-0.05, 0) is 23.8 Å². The molecule has 88 valence electrons. The van der Waals surface area contributed by atoms with E-state index in [0.717, 1.165) is 5.82 Å². The van der Waals surface area contributed by atoms with Crippen molar-refractivity contribution in [1.82, 2.24) is 0 Å². The quantitative estimate of drug-likeness (QED) is 0.947. The summed E-state index contributed by atoms with van der Waals surface area (Å²) in [5.41, 5.74) is 0.627. The van der Waals surface area contributed by atoms with E-state index in [4.69, 9.17) is 11.6 Å². The van der Waals surface area contributed by atoms with Gasteiger partial charge in [-0.15, -0.1) is 0 Å². The molecule has 0 aliphatic carbocycles. The highest BCUT2D eigenvalue weighted by Gasteiger charge is 2.04. The molecular formula is C12H10BrClN2O. The number of nitrogens with one attached hydrogen (secondary N) is 2. The van der Waals surface area contributed by atoms with Gasteiger partial charge < -0.3 is 5.11 Å². The minimum absolute atomic E-state index is 0.0437. The first kappa shape index (κ1) is 12.2. The van der Waals surface area contributed by atoms with E-state index in [9.17, 15) is 5.11 Å². The highest BCUT2D eigenvalue weighted by molar-refractivity contribution is 9.10. The number of H-pyrrole nitrogens is 1. The Bertz CT molecular complexity index is 519. The van der Waals surface area contributed by atoms with Gasteiger partial charge in [0.15, 0.2) is 0 Å². The lowest BCUT2D eigenvalue weighted by Gasteiger charge is -2.14. The molecule has 3 nitrogen and oxygen atoms in total. The maximum atomic E-state index is 11.8. The lowest BCUT2D eigenvalue weighted by atomic mass is 10.2. The zero-order valence-corrected chi connectivity index (χ0v) is 11.2. The molecule has 2 N–H and O–H groups in total. The molecule has 0 unspecified atom stereocenters. The largest absolute Gasteiger partial charge is 0.871 e. The molecule has 1 heterocycles. The minimum Gasteiger partial charge on any atom is -0.871 e. The second-order valence-electron chi connectivity index (χ2n) is 3.51. The summed E-state index contributed by atoms with van der Waals surface area (Å²) in [7, 11) is 0. The molecular weight excluding hydrogens is 304 g/mol. The molecule has 5 heteroatoms. The molecule has 0 aliphatic heterocycles. The number of pyridine rings is 1. The molecule has 0 bridgehead atoms. The van der Waals surface area contributed by atoms with Crippen LogP contribution in [0.5, 0.6) is 5.75 Å². The normalized spacial score (nSPS) is 10.2. The summed E-state index contributed by atoms with van der Waals surface area (Å²) in [5, 5.41) is 15.5. The molecule has 2 aromatic rings. The number of aromatic amines is 1. The Labute approximate surface area is 113 Å². The van der Waals surface area contributed by atoms with E-state index < -0.39 is 0 Å². The van der Waals surface area contributed by atoms with Crippen molar-refractivity contribution in [3.8, 4) is 5.75 Å². The summed E-state index contributed by atoms with van der Waals surface area (Å²) in [6.45, 7) is 0.429. The Morgan fingerprint density at radius 3 is 2.88 bits per heavy atom. The van der Waals surface area contributed by atoms with Crippen molar-refractivity contribution in [2.45, 2.75) is 6.54 Å². The highest BCUT2D eigenvalue weighted by atomic mass is 79.9. The van der Waals surface area contributed by atoms with Crippen LogP contribution in [0.1, 0.15) is 5.56 Å². The Morgan fingerprint density at radius 1 is 1.35 bits per heavy atom. The van der Waals surface area contributed by atoms with Gasteiger partial charge in [-0.25, -0.2) is 4.98 Å². The number of halogens is 2. The highest BCUT2D eigenvalue weighted by Crippen LogP contribution is 2.29. The van der Waals surface area contributed by atoms with Gasteiger partial charge in [-0.2, -0.15) is 0 Å². The van der Waals surface area contributed by atoms with Crippen LogP contribution in [0, 0.1) is 0 Å². The predicted octanol–water partition coefficient (Wildman–Crippen LogP) is 2.60. The fourth-order valence-corrected chi connectivity index (χ4v) is 2.31. The summed E-state index contributed by atoms with van der Waals surface area (Å²) < 4.78 is 0.485. The first-order chi connectivity index (χ1) is 8.16. The summed E-state index contributed by atoms with van der Waals surface area (Å²) in [5.74, 6) is 0.806. The van der Waals surface area contributed by atoms with Gasteiger partial charge in [0.2, 0.25) is 0 Å². The summed E-state index contributed by atoms with van der Waals surface area (Å²) >= 11 is 9.09. The van der Waals surface area contributed by atoms with Crippen LogP contribution in [-0.4, -0.2) is 0 Å². The number of anilines is 1. The molecule has 1 aromatic carbocycles. The zero-order chi connectivity index (χ0) is 12.3. The Morgan fingerprint density at radius 2 is 2.18 bits per heavy atom. The second kappa shape index (κ2) is 5.38. The van der Waals surface area contributed by atoms with Gasteiger partial charge in [-0.1, -0.05) is 39.3 Å². The molecule has 2 rings (SSSR count). The van der Waals surface area contributed by atoms with Crippen molar-refractivity contribution >= 4 is 33.3 Å². The number of hydrogen-bond acceptors (Lipinski definition) is 2. The first-order valence-electron chi connectivity index (χ1n) is 5.02. The Hall–Kier alpha value is -1.26. The molecule has 0 saturated heterocycles. The van der Waals surface area contributed by atoms with Crippen molar-refractivity contribution in [3.05, 3.63) is 51.6 Å². The molecule has 0 saturated carbocycles. The minimum atomic E-state index is -0.0437. The van der Waals surface area contributed by atoms with Crippen molar-refractivity contribution in [2.24, 2.45) is 0 Å². The third kappa shape index (κ3) is 3.11. The van der Waals surface area contributed by atoms with Gasteiger partial charge in [0.1, 0.15) is 6.54 Å². The summed E-state index contributed by atoms with van der Waals surface area (Å²) in [6, 6.07) is 8.96. The van der Waals surface area contributed by atoms with Crippen LogP contribution in [0.15, 0.2) is 41.0 Å². The van der Waals surface area contributed by atoms with Crippen LogP contribution >= 0.6 is 27.5 Å². The van der Waals surface area contributed by atoms with Crippen LogP contribution in [0.4, 0.5) is 5.82 Å². The van der Waals surface area contributed by atoms with E-state index in [2.05, 4.69) is 26.2 Å². The lowest BCUT2D eigenvalue weighted by molar-refractivity contribution is -0.361. The van der Waals surface area contributed by atoms with E-state index in [1.54, 1.807) is 12.1 Å². The topological polar surface area (TPSA) is 49.2 Å². The standard InChI is InChI=1S/C12H10BrClN2O/c13-10-6-9(14)5-8(12(10)17)7-16-11-3-1-2-4-15-11/h1-6,17H,7H2,(H,15,16). The number of hydrogen-bond donors (Lipinski definition) is 1. The number of rotatable bonds is 3. The monoisotopic (exact) mass is 312 g/mol. The molecule has 0 atom stereocenters. The van der Waals surface area contributed by atoms with Gasteiger partial charge in [0.05, 0.1) is 6.20 Å². The summed E-state index contributed by atoms with van der Waals surface area (Å²) in [4.78, 5) is 3.03. The van der Waals surface area contributed by atoms with E-state index >= 15 is 0 Å². The molecule has 0 spiro atoms. The zero-order valence-electron chi connectivity index (χ0n) is 8.84. The maximum absolute atomic E-state index is 11.8. The SMILES string of the molecule is [O-]c1c(Br)cc(Cl)cc1CNc1cccc[nH+]1. The third-order valence-corrected chi connectivity index (χ3v) is 3.07. The Kier molecular flexibility index (Phi) is 3.86. The molecule has 0 amide bonds. The fourth-order valence-electron chi connectivity index (χ4n) is 1.44. The van der Waals surface area contributed by atoms with E-state index in [1.807, 2.05) is 24.4 Å². The first-order valence-corrected chi connectivity index (χ1v) is 6.19. The van der Waals surface area contributed by atoms with E-state index in [0.29, 0.717) is 21.6 Å². The van der Waals surface area contributed by atoms with Crippen LogP contribution in [0.25, 0.3) is 0 Å². The molecule has 1 aromatic heterocycles. The predicted molar refractivity (Wildman–Crippen MR) is 68.9 cm³/mol. The van der Waals surface area contributed by atoms with Crippen LogP contribution < -0.4 is 15.4 Å². The smallest absolute Gasteiger partial charge is 0.272 e. The summed E-state index contributed by atoms with van der Waals surface area (Å²) in [6.07, 6.45) is 1.81. The Balaban J connectivity index is 2.14. The van der Waals surface area contributed by atoms with Crippen molar-refractivity contribution in [2.75, 3.05) is 5.32 Å². The van der Waals surface area contributed by atoms with Gasteiger partial charge in [-0.3, -0.25) is 5.32 Å². The van der Waals surface area contributed by atoms with E-state index in [-0.39, 0.29) is 5.75 Å². The van der Waals surface area contributed by atoms with Crippen LogP contribution in [-0.2, 0) is 6.54 Å². The third-order valence-electron chi connectivity index (χ3n) is 2.26. The number of aromatic nitrogens is 1. The average Bonchev–Trinajstić information content (AvgIpc) is 2.33. The van der Waals surface area contributed by atoms with E-state index in [1.165, 1.54) is 0 Å².